The fourth-order valence-corrected chi connectivity index (χ4v) is 3.32. The van der Waals surface area contributed by atoms with Crippen molar-refractivity contribution in [2.75, 3.05) is 0 Å². The molecule has 0 bridgehead atoms. The highest BCUT2D eigenvalue weighted by molar-refractivity contribution is 5.30. The molecule has 0 saturated heterocycles. The largest absolute Gasteiger partial charge is 0.416 e. The minimum atomic E-state index is -4.52. The van der Waals surface area contributed by atoms with Gasteiger partial charge in [-0.15, -0.1) is 0 Å². The summed E-state index contributed by atoms with van der Waals surface area (Å²) in [5.41, 5.74) is -0.774. The van der Waals surface area contributed by atoms with Crippen molar-refractivity contribution in [2.24, 2.45) is 11.8 Å². The fraction of sp³-hybridized carbons (Fsp3) is 0.625. The van der Waals surface area contributed by atoms with Crippen LogP contribution < -0.4 is 5.32 Å². The highest BCUT2D eigenvalue weighted by Gasteiger charge is 2.35. The molecule has 0 heterocycles. The Kier molecular flexibility index (Phi) is 4.91. The second kappa shape index (κ2) is 6.34. The van der Waals surface area contributed by atoms with Gasteiger partial charge in [-0.3, -0.25) is 0 Å². The normalized spacial score (nSPS) is 26.3. The van der Waals surface area contributed by atoms with E-state index < -0.39 is 17.6 Å². The molecule has 21 heavy (non-hydrogen) atoms. The first-order valence-electron chi connectivity index (χ1n) is 7.42. The number of alkyl halides is 3. The van der Waals surface area contributed by atoms with Crippen LogP contribution in [0.15, 0.2) is 18.2 Å². The third kappa shape index (κ3) is 3.76. The molecule has 1 aliphatic carbocycles. The predicted molar refractivity (Wildman–Crippen MR) is 74.2 cm³/mol. The number of rotatable bonds is 4. The quantitative estimate of drug-likeness (QED) is 0.791. The molecule has 1 aliphatic rings. The Labute approximate surface area is 122 Å². The number of nitrogens with one attached hydrogen (secondary N) is 1. The molecule has 3 atom stereocenters. The molecule has 0 radical (unpaired) electrons. The van der Waals surface area contributed by atoms with Gasteiger partial charge in [0.1, 0.15) is 5.82 Å². The van der Waals surface area contributed by atoms with Gasteiger partial charge in [-0.1, -0.05) is 26.3 Å². The minimum Gasteiger partial charge on any atom is -0.310 e. The lowest BCUT2D eigenvalue weighted by Crippen LogP contribution is -2.32. The third-order valence-corrected chi connectivity index (χ3v) is 4.68. The summed E-state index contributed by atoms with van der Waals surface area (Å²) < 4.78 is 51.8. The van der Waals surface area contributed by atoms with Crippen molar-refractivity contribution >= 4 is 0 Å². The van der Waals surface area contributed by atoms with Crippen molar-refractivity contribution in [3.05, 3.63) is 35.1 Å². The first kappa shape index (κ1) is 16.3. The molecule has 3 unspecified atom stereocenters. The topological polar surface area (TPSA) is 12.0 Å². The van der Waals surface area contributed by atoms with E-state index in [2.05, 4.69) is 19.2 Å². The van der Waals surface area contributed by atoms with Crippen LogP contribution in [0.3, 0.4) is 0 Å². The van der Waals surface area contributed by atoms with E-state index >= 15 is 0 Å². The molecule has 1 saturated carbocycles. The maximum absolute atomic E-state index is 13.1. The van der Waals surface area contributed by atoms with Gasteiger partial charge in [-0.2, -0.15) is 13.2 Å². The van der Waals surface area contributed by atoms with Crippen molar-refractivity contribution < 1.29 is 17.6 Å². The Bertz CT molecular complexity index is 484. The zero-order chi connectivity index (χ0) is 15.6. The van der Waals surface area contributed by atoms with Crippen molar-refractivity contribution in [3.8, 4) is 0 Å². The van der Waals surface area contributed by atoms with Gasteiger partial charge >= 0.3 is 6.18 Å². The maximum atomic E-state index is 13.1. The Morgan fingerprint density at radius 1 is 1.24 bits per heavy atom. The molecule has 0 aliphatic heterocycles. The molecule has 1 nitrogen and oxygen atoms in total. The van der Waals surface area contributed by atoms with E-state index in [9.17, 15) is 17.6 Å². The smallest absolute Gasteiger partial charge is 0.310 e. The van der Waals surface area contributed by atoms with Crippen molar-refractivity contribution in [1.82, 2.24) is 5.32 Å². The van der Waals surface area contributed by atoms with Crippen LogP contribution in [-0.2, 0) is 12.7 Å². The zero-order valence-electron chi connectivity index (χ0n) is 12.3. The third-order valence-electron chi connectivity index (χ3n) is 4.68. The van der Waals surface area contributed by atoms with Crippen LogP contribution in [0.1, 0.15) is 44.2 Å². The number of benzene rings is 1. The van der Waals surface area contributed by atoms with Gasteiger partial charge in [0.2, 0.25) is 0 Å². The Balaban J connectivity index is 2.07. The van der Waals surface area contributed by atoms with Crippen molar-refractivity contribution in [3.63, 3.8) is 0 Å². The SMILES string of the molecule is CCC1CCC(NCc2ccc(F)cc2C(F)(F)F)C1C. The molecule has 0 spiro atoms. The number of hydrogen-bond acceptors (Lipinski definition) is 1. The van der Waals surface area contributed by atoms with Crippen LogP contribution in [0.5, 0.6) is 0 Å². The second-order valence-electron chi connectivity index (χ2n) is 5.89. The molecule has 1 N–H and O–H groups in total. The van der Waals surface area contributed by atoms with E-state index in [0.29, 0.717) is 17.9 Å². The highest BCUT2D eigenvalue weighted by Crippen LogP contribution is 2.35. The van der Waals surface area contributed by atoms with Gasteiger partial charge in [0.15, 0.2) is 0 Å². The Morgan fingerprint density at radius 2 is 1.95 bits per heavy atom. The van der Waals surface area contributed by atoms with Crippen molar-refractivity contribution in [2.45, 2.75) is 51.9 Å². The lowest BCUT2D eigenvalue weighted by molar-refractivity contribution is -0.138. The molecule has 5 heteroatoms. The maximum Gasteiger partial charge on any atom is 0.416 e. The van der Waals surface area contributed by atoms with E-state index in [-0.39, 0.29) is 18.2 Å². The average molecular weight is 303 g/mol. The molecule has 118 valence electrons. The van der Waals surface area contributed by atoms with Crippen LogP contribution in [-0.4, -0.2) is 6.04 Å². The van der Waals surface area contributed by atoms with Crippen molar-refractivity contribution in [1.29, 1.82) is 0 Å². The molecule has 0 amide bonds. The first-order chi connectivity index (χ1) is 9.82. The summed E-state index contributed by atoms with van der Waals surface area (Å²) in [6, 6.07) is 3.12. The second-order valence-corrected chi connectivity index (χ2v) is 5.89. The first-order valence-corrected chi connectivity index (χ1v) is 7.42. The standard InChI is InChI=1S/C16H21F4N/c1-3-11-5-7-15(10(11)2)21-9-12-4-6-13(17)8-14(12)16(18,19)20/h4,6,8,10-11,15,21H,3,5,7,9H2,1-2H3. The van der Waals surface area contributed by atoms with E-state index in [0.717, 1.165) is 25.3 Å². The fourth-order valence-electron chi connectivity index (χ4n) is 3.32. The minimum absolute atomic E-state index is 0.107. The summed E-state index contributed by atoms with van der Waals surface area (Å²) in [6.45, 7) is 4.42. The van der Waals surface area contributed by atoms with Crippen LogP contribution in [0, 0.1) is 17.7 Å². The summed E-state index contributed by atoms with van der Waals surface area (Å²) in [5, 5.41) is 3.22. The van der Waals surface area contributed by atoms with Gasteiger partial charge in [0, 0.05) is 12.6 Å². The van der Waals surface area contributed by atoms with Gasteiger partial charge in [-0.25, -0.2) is 4.39 Å². The zero-order valence-corrected chi connectivity index (χ0v) is 12.3. The molecule has 1 aromatic carbocycles. The van der Waals surface area contributed by atoms with Crippen LogP contribution in [0.4, 0.5) is 17.6 Å². The number of halogens is 4. The Hall–Kier alpha value is -1.10. The molecule has 1 aromatic rings. The van der Waals surface area contributed by atoms with E-state index in [1.807, 2.05) is 0 Å². The average Bonchev–Trinajstić information content (AvgIpc) is 2.77. The van der Waals surface area contributed by atoms with Gasteiger partial charge in [-0.05, 0) is 42.4 Å². The Morgan fingerprint density at radius 3 is 2.52 bits per heavy atom. The van der Waals surface area contributed by atoms with Crippen LogP contribution >= 0.6 is 0 Å². The van der Waals surface area contributed by atoms with E-state index in [1.165, 1.54) is 6.07 Å². The molecule has 2 rings (SSSR count). The monoisotopic (exact) mass is 303 g/mol. The summed E-state index contributed by atoms with van der Waals surface area (Å²) in [4.78, 5) is 0. The van der Waals surface area contributed by atoms with E-state index in [1.54, 1.807) is 0 Å². The van der Waals surface area contributed by atoms with Crippen LogP contribution in [0.2, 0.25) is 0 Å². The number of hydrogen-bond donors (Lipinski definition) is 1. The molecule has 0 aromatic heterocycles. The summed E-state index contributed by atoms with van der Waals surface area (Å²) in [5.74, 6) is 0.244. The van der Waals surface area contributed by atoms with E-state index in [4.69, 9.17) is 0 Å². The van der Waals surface area contributed by atoms with Gasteiger partial charge in [0.05, 0.1) is 5.56 Å². The molecule has 1 fully saturated rings. The lowest BCUT2D eigenvalue weighted by atomic mass is 9.93. The molecular weight excluding hydrogens is 282 g/mol. The summed E-state index contributed by atoms with van der Waals surface area (Å²) in [6.07, 6.45) is -1.32. The summed E-state index contributed by atoms with van der Waals surface area (Å²) in [7, 11) is 0. The van der Waals surface area contributed by atoms with Gasteiger partial charge in [0.25, 0.3) is 0 Å². The molecular formula is C16H21F4N. The van der Waals surface area contributed by atoms with Crippen LogP contribution in [0.25, 0.3) is 0 Å². The summed E-state index contributed by atoms with van der Waals surface area (Å²) >= 11 is 0. The lowest BCUT2D eigenvalue weighted by Gasteiger charge is -2.22. The highest BCUT2D eigenvalue weighted by atomic mass is 19.4. The van der Waals surface area contributed by atoms with Gasteiger partial charge < -0.3 is 5.32 Å². The predicted octanol–water partition coefficient (Wildman–Crippen LogP) is 4.76.